The zero-order valence-corrected chi connectivity index (χ0v) is 16.9. The molecule has 0 aliphatic heterocycles. The van der Waals surface area contributed by atoms with Crippen LogP contribution in [0.4, 0.5) is 17.6 Å². The lowest BCUT2D eigenvalue weighted by atomic mass is 9.84. The van der Waals surface area contributed by atoms with Crippen LogP contribution in [-0.2, 0) is 11.5 Å². The van der Waals surface area contributed by atoms with Crippen LogP contribution in [-0.4, -0.2) is 33.0 Å². The minimum atomic E-state index is -4.16. The molecule has 1 unspecified atom stereocenters. The minimum Gasteiger partial charge on any atom is -0.377 e. The second-order valence-electron chi connectivity index (χ2n) is 7.12. The molecular formula is C21H20F4N6O. The lowest BCUT2D eigenvalue weighted by Crippen LogP contribution is -2.53. The molecule has 0 amide bonds. The highest BCUT2D eigenvalue weighted by atomic mass is 19.3. The van der Waals surface area contributed by atoms with Crippen LogP contribution in [0.15, 0.2) is 60.0 Å². The van der Waals surface area contributed by atoms with Gasteiger partial charge in [-0.05, 0) is 31.2 Å². The summed E-state index contributed by atoms with van der Waals surface area (Å²) in [4.78, 5) is 7.93. The minimum absolute atomic E-state index is 0.384. The van der Waals surface area contributed by atoms with Crippen molar-refractivity contribution in [2.45, 2.75) is 18.4 Å². The summed E-state index contributed by atoms with van der Waals surface area (Å²) in [5, 5.41) is 14.7. The Balaban J connectivity index is 2.07. The average molecular weight is 448 g/mol. The molecule has 1 atom stereocenters. The van der Waals surface area contributed by atoms with Crippen LogP contribution in [0.5, 0.6) is 0 Å². The molecule has 0 saturated carbocycles. The number of aryl methyl sites for hydroxylation is 1. The predicted molar refractivity (Wildman–Crippen MR) is 110 cm³/mol. The van der Waals surface area contributed by atoms with Crippen molar-refractivity contribution >= 4 is 6.34 Å². The van der Waals surface area contributed by atoms with Gasteiger partial charge in [0.25, 0.3) is 0 Å². The zero-order valence-electron chi connectivity index (χ0n) is 16.9. The maximum absolute atomic E-state index is 15.6. The third kappa shape index (κ3) is 4.39. The highest BCUT2D eigenvalue weighted by molar-refractivity contribution is 5.61. The number of hydrogen-bond acceptors (Lipinski definition) is 6. The summed E-state index contributed by atoms with van der Waals surface area (Å²) in [5.41, 5.74) is -3.05. The van der Waals surface area contributed by atoms with E-state index in [0.29, 0.717) is 22.2 Å². The van der Waals surface area contributed by atoms with E-state index in [-0.39, 0.29) is 0 Å². The topological polar surface area (TPSA) is 114 Å². The molecule has 3 aromatic rings. The number of alkyl halides is 2. The number of pyridine rings is 2. The van der Waals surface area contributed by atoms with Gasteiger partial charge in [0.1, 0.15) is 23.7 Å². The molecule has 7 nitrogen and oxygen atoms in total. The molecule has 0 spiro atoms. The van der Waals surface area contributed by atoms with Gasteiger partial charge in [-0.3, -0.25) is 15.0 Å². The van der Waals surface area contributed by atoms with Gasteiger partial charge in [0.05, 0.1) is 6.54 Å². The number of halogens is 4. The predicted octanol–water partition coefficient (Wildman–Crippen LogP) is 2.79. The van der Waals surface area contributed by atoms with Gasteiger partial charge in [0.2, 0.25) is 0 Å². The first kappa shape index (κ1) is 23.1. The summed E-state index contributed by atoms with van der Waals surface area (Å²) in [6.07, 6.45) is 3.51. The lowest BCUT2D eigenvalue weighted by molar-refractivity contribution is -0.203. The van der Waals surface area contributed by atoms with Gasteiger partial charge in [-0.25, -0.2) is 14.6 Å². The summed E-state index contributed by atoms with van der Waals surface area (Å²) in [6, 6.07) is 7.72. The van der Waals surface area contributed by atoms with Gasteiger partial charge in [-0.2, -0.15) is 13.9 Å². The van der Waals surface area contributed by atoms with E-state index in [4.69, 9.17) is 11.7 Å². The van der Waals surface area contributed by atoms with Crippen molar-refractivity contribution in [3.05, 3.63) is 83.4 Å². The first-order chi connectivity index (χ1) is 15.1. The van der Waals surface area contributed by atoms with E-state index in [1.54, 1.807) is 25.3 Å². The Morgan fingerprint density at radius 1 is 1.06 bits per heavy atom. The van der Waals surface area contributed by atoms with Crippen molar-refractivity contribution in [3.8, 4) is 11.1 Å². The van der Waals surface area contributed by atoms with E-state index in [2.05, 4.69) is 15.1 Å². The number of nitrogens with zero attached hydrogens (tertiary/aromatic N) is 4. The molecule has 1 aromatic carbocycles. The third-order valence-electron chi connectivity index (χ3n) is 4.85. The van der Waals surface area contributed by atoms with E-state index in [0.717, 1.165) is 30.2 Å². The molecule has 168 valence electrons. The average Bonchev–Trinajstić information content (AvgIpc) is 2.74. The normalized spacial score (nSPS) is 13.8. The maximum atomic E-state index is 15.6. The van der Waals surface area contributed by atoms with Crippen LogP contribution >= 0.6 is 0 Å². The van der Waals surface area contributed by atoms with Crippen molar-refractivity contribution in [2.75, 3.05) is 6.54 Å². The molecule has 0 bridgehead atoms. The molecule has 11 heteroatoms. The fraction of sp³-hybridized carbons (Fsp3) is 0.190. The number of aliphatic hydroxyl groups is 1. The summed E-state index contributed by atoms with van der Waals surface area (Å²) in [6.45, 7) is 0.770. The van der Waals surface area contributed by atoms with Gasteiger partial charge in [0, 0.05) is 40.8 Å². The van der Waals surface area contributed by atoms with Gasteiger partial charge >= 0.3 is 5.92 Å². The number of rotatable bonds is 7. The number of hydrazone groups is 1. The number of aromatic nitrogens is 2. The van der Waals surface area contributed by atoms with E-state index < -0.39 is 41.0 Å². The Bertz CT molecular complexity index is 1110. The number of hydrazine groups is 1. The van der Waals surface area contributed by atoms with Crippen LogP contribution in [0.1, 0.15) is 17.0 Å². The van der Waals surface area contributed by atoms with Gasteiger partial charge in [-0.15, -0.1) is 0 Å². The molecule has 2 aromatic heterocycles. The lowest BCUT2D eigenvalue weighted by Gasteiger charge is -2.37. The number of hydrogen-bond donors (Lipinski definition) is 3. The quantitative estimate of drug-likeness (QED) is 0.168. The zero-order chi connectivity index (χ0) is 23.5. The fourth-order valence-corrected chi connectivity index (χ4v) is 3.17. The highest BCUT2D eigenvalue weighted by Gasteiger charge is 2.58. The molecule has 0 radical (unpaired) electrons. The van der Waals surface area contributed by atoms with Crippen molar-refractivity contribution < 1.29 is 22.7 Å². The van der Waals surface area contributed by atoms with Gasteiger partial charge in [0.15, 0.2) is 5.60 Å². The molecule has 0 saturated heterocycles. The summed E-state index contributed by atoms with van der Waals surface area (Å²) in [5.74, 6) is 4.00. The van der Waals surface area contributed by atoms with Gasteiger partial charge < -0.3 is 10.9 Å². The second-order valence-corrected chi connectivity index (χ2v) is 7.12. The Morgan fingerprint density at radius 3 is 2.25 bits per heavy atom. The molecule has 0 fully saturated rings. The summed E-state index contributed by atoms with van der Waals surface area (Å²) >= 11 is 0. The Kier molecular flexibility index (Phi) is 6.42. The molecule has 3 rings (SSSR count). The number of nitrogens with two attached hydrogens (primary N) is 2. The SMILES string of the molecule is Cc1ccc(-c2ccc(C(F)(F)C(O)(CN(N)/C=N\N)c3ccc(F)cc3F)nc2)cn1. The Labute approximate surface area is 181 Å². The molecular weight excluding hydrogens is 428 g/mol. The van der Waals surface area contributed by atoms with Crippen LogP contribution in [0.2, 0.25) is 0 Å². The highest BCUT2D eigenvalue weighted by Crippen LogP contribution is 2.46. The Hall–Kier alpha value is -3.57. The van der Waals surface area contributed by atoms with Crippen LogP contribution < -0.4 is 11.7 Å². The maximum Gasteiger partial charge on any atom is 0.323 e. The molecule has 0 aliphatic rings. The Morgan fingerprint density at radius 2 is 1.72 bits per heavy atom. The van der Waals surface area contributed by atoms with Crippen LogP contribution in [0.25, 0.3) is 11.1 Å². The number of benzene rings is 1. The van der Waals surface area contributed by atoms with E-state index >= 15 is 8.78 Å². The molecule has 32 heavy (non-hydrogen) atoms. The van der Waals surface area contributed by atoms with Crippen molar-refractivity contribution in [1.82, 2.24) is 15.0 Å². The van der Waals surface area contributed by atoms with E-state index in [1.165, 1.54) is 12.3 Å². The third-order valence-corrected chi connectivity index (χ3v) is 4.85. The summed E-state index contributed by atoms with van der Waals surface area (Å²) < 4.78 is 59.1. The van der Waals surface area contributed by atoms with Crippen molar-refractivity contribution in [2.24, 2.45) is 16.8 Å². The van der Waals surface area contributed by atoms with Crippen molar-refractivity contribution in [3.63, 3.8) is 0 Å². The van der Waals surface area contributed by atoms with Crippen LogP contribution in [0, 0.1) is 18.6 Å². The first-order valence-corrected chi connectivity index (χ1v) is 9.28. The fourth-order valence-electron chi connectivity index (χ4n) is 3.17. The molecule has 2 heterocycles. The second kappa shape index (κ2) is 8.89. The standard InChI is InChI=1S/C21H20F4N6O/c1-13-2-3-14(9-28-13)15-4-7-19(29-10-15)21(24,25)20(32,11-31(27)12-30-26)17-6-5-16(22)8-18(17)23/h2-10,12,32H,11,26-27H2,1H3/b30-12-. The largest absolute Gasteiger partial charge is 0.377 e. The monoisotopic (exact) mass is 448 g/mol. The van der Waals surface area contributed by atoms with Crippen LogP contribution in [0.3, 0.4) is 0 Å². The summed E-state index contributed by atoms with van der Waals surface area (Å²) in [7, 11) is 0. The smallest absolute Gasteiger partial charge is 0.323 e. The van der Waals surface area contributed by atoms with Crippen molar-refractivity contribution in [1.29, 1.82) is 0 Å². The molecule has 5 N–H and O–H groups in total. The molecule has 0 aliphatic carbocycles. The van der Waals surface area contributed by atoms with Gasteiger partial charge in [-0.1, -0.05) is 12.1 Å². The van der Waals surface area contributed by atoms with E-state index in [1.807, 2.05) is 0 Å². The van der Waals surface area contributed by atoms with E-state index in [9.17, 15) is 13.9 Å². The first-order valence-electron chi connectivity index (χ1n) is 9.28.